The van der Waals surface area contributed by atoms with Crippen molar-refractivity contribution in [3.05, 3.63) is 0 Å². The summed E-state index contributed by atoms with van der Waals surface area (Å²) < 4.78 is 0. The molecule has 0 aromatic carbocycles. The van der Waals surface area contributed by atoms with Crippen LogP contribution in [0, 0.1) is 0 Å². The highest BCUT2D eigenvalue weighted by molar-refractivity contribution is 5.81. The summed E-state index contributed by atoms with van der Waals surface area (Å²) >= 11 is 0. The molecule has 0 amide bonds. The predicted molar refractivity (Wildman–Crippen MR) is 84.8 cm³/mol. The molecule has 0 unspecified atom stereocenters. The first-order chi connectivity index (χ1) is 9.34. The molecule has 0 aromatic heterocycles. The fraction of sp³-hybridized carbons (Fsp3) is 0.938. The van der Waals surface area contributed by atoms with E-state index in [1.165, 1.54) is 64.2 Å². The summed E-state index contributed by atoms with van der Waals surface area (Å²) in [6, 6.07) is 0. The lowest BCUT2D eigenvalue weighted by molar-refractivity contribution is 0.524. The van der Waals surface area contributed by atoms with Crippen LogP contribution in [0.2, 0.25) is 0 Å². The molecule has 0 aliphatic carbocycles. The Morgan fingerprint density at radius 3 is 2.05 bits per heavy atom. The molecule has 3 heteroatoms. The van der Waals surface area contributed by atoms with Gasteiger partial charge in [-0.2, -0.15) is 0 Å². The van der Waals surface area contributed by atoms with E-state index in [0.717, 1.165) is 25.6 Å². The predicted octanol–water partition coefficient (Wildman–Crippen LogP) is 3.80. The molecule has 0 fully saturated rings. The third-order valence-electron chi connectivity index (χ3n) is 3.87. The number of unbranched alkanes of at least 4 members (excludes halogenated alkanes) is 9. The Kier molecular flexibility index (Phi) is 9.56. The lowest BCUT2D eigenvalue weighted by atomic mass is 10.1. The van der Waals surface area contributed by atoms with Crippen LogP contribution in [0.15, 0.2) is 4.99 Å². The second kappa shape index (κ2) is 11.1. The van der Waals surface area contributed by atoms with Gasteiger partial charge in [-0.3, -0.25) is 4.99 Å². The van der Waals surface area contributed by atoms with Crippen LogP contribution in [-0.4, -0.2) is 37.5 Å². The topological polar surface area (TPSA) is 27.6 Å². The fourth-order valence-electron chi connectivity index (χ4n) is 2.54. The SMILES string of the molecule is CCCCCCCCCCCCNC1=NCCN1C. The van der Waals surface area contributed by atoms with Crippen LogP contribution in [0.5, 0.6) is 0 Å². The Balaban J connectivity index is 1.76. The van der Waals surface area contributed by atoms with Gasteiger partial charge in [0.2, 0.25) is 0 Å². The van der Waals surface area contributed by atoms with E-state index < -0.39 is 0 Å². The van der Waals surface area contributed by atoms with E-state index in [-0.39, 0.29) is 0 Å². The molecule has 0 spiro atoms. The van der Waals surface area contributed by atoms with Crippen molar-refractivity contribution in [3.63, 3.8) is 0 Å². The Bertz CT molecular complexity index is 238. The standard InChI is InChI=1S/C16H33N3/c1-3-4-5-6-7-8-9-10-11-12-13-17-16-18-14-15-19(16)2/h3-15H2,1-2H3,(H,17,18). The molecule has 0 radical (unpaired) electrons. The molecule has 1 heterocycles. The van der Waals surface area contributed by atoms with E-state index in [2.05, 4.69) is 29.2 Å². The fourth-order valence-corrected chi connectivity index (χ4v) is 2.54. The second-order valence-corrected chi connectivity index (χ2v) is 5.74. The minimum Gasteiger partial charge on any atom is -0.356 e. The summed E-state index contributed by atoms with van der Waals surface area (Å²) in [6.45, 7) is 5.39. The molecule has 0 saturated carbocycles. The number of guanidine groups is 1. The van der Waals surface area contributed by atoms with E-state index >= 15 is 0 Å². The smallest absolute Gasteiger partial charge is 0.193 e. The van der Waals surface area contributed by atoms with Gasteiger partial charge < -0.3 is 10.2 Å². The highest BCUT2D eigenvalue weighted by Crippen LogP contribution is 2.10. The average Bonchev–Trinajstić information content (AvgIpc) is 2.82. The van der Waals surface area contributed by atoms with Crippen LogP contribution in [0.4, 0.5) is 0 Å². The third-order valence-corrected chi connectivity index (χ3v) is 3.87. The summed E-state index contributed by atoms with van der Waals surface area (Å²) in [5.41, 5.74) is 0. The maximum Gasteiger partial charge on any atom is 0.193 e. The molecule has 1 rings (SSSR count). The van der Waals surface area contributed by atoms with Gasteiger partial charge in [0.1, 0.15) is 0 Å². The molecule has 0 aromatic rings. The van der Waals surface area contributed by atoms with E-state index in [1.54, 1.807) is 0 Å². The number of rotatable bonds is 11. The molecule has 1 N–H and O–H groups in total. The molecule has 0 saturated heterocycles. The number of hydrogen-bond acceptors (Lipinski definition) is 3. The zero-order valence-corrected chi connectivity index (χ0v) is 13.1. The van der Waals surface area contributed by atoms with Crippen LogP contribution < -0.4 is 5.32 Å². The highest BCUT2D eigenvalue weighted by Gasteiger charge is 2.10. The van der Waals surface area contributed by atoms with Crippen LogP contribution in [0.3, 0.4) is 0 Å². The molecule has 1 aliphatic rings. The van der Waals surface area contributed by atoms with Gasteiger partial charge in [-0.1, -0.05) is 64.7 Å². The Morgan fingerprint density at radius 1 is 0.947 bits per heavy atom. The van der Waals surface area contributed by atoms with Crippen molar-refractivity contribution in [2.45, 2.75) is 71.1 Å². The Hall–Kier alpha value is -0.730. The summed E-state index contributed by atoms with van der Waals surface area (Å²) in [4.78, 5) is 6.64. The van der Waals surface area contributed by atoms with Gasteiger partial charge in [-0.25, -0.2) is 0 Å². The molecule has 112 valence electrons. The first-order valence-corrected chi connectivity index (χ1v) is 8.34. The van der Waals surface area contributed by atoms with Crippen molar-refractivity contribution in [2.24, 2.45) is 4.99 Å². The first kappa shape index (κ1) is 16.3. The molecule has 0 atom stereocenters. The average molecular weight is 267 g/mol. The van der Waals surface area contributed by atoms with Crippen LogP contribution in [0.25, 0.3) is 0 Å². The zero-order chi connectivity index (χ0) is 13.8. The number of nitrogens with zero attached hydrogens (tertiary/aromatic N) is 2. The molecular formula is C16H33N3. The van der Waals surface area contributed by atoms with Gasteiger partial charge in [0.25, 0.3) is 0 Å². The molecule has 19 heavy (non-hydrogen) atoms. The van der Waals surface area contributed by atoms with E-state index in [1.807, 2.05) is 0 Å². The lowest BCUT2D eigenvalue weighted by Gasteiger charge is -2.14. The zero-order valence-electron chi connectivity index (χ0n) is 13.1. The van der Waals surface area contributed by atoms with E-state index in [9.17, 15) is 0 Å². The van der Waals surface area contributed by atoms with E-state index in [4.69, 9.17) is 0 Å². The normalized spacial score (nSPS) is 14.8. The summed E-state index contributed by atoms with van der Waals surface area (Å²) in [6.07, 6.45) is 14.0. The van der Waals surface area contributed by atoms with Crippen LogP contribution >= 0.6 is 0 Å². The number of nitrogens with one attached hydrogen (secondary N) is 1. The van der Waals surface area contributed by atoms with Crippen LogP contribution in [0.1, 0.15) is 71.1 Å². The summed E-state index contributed by atoms with van der Waals surface area (Å²) in [7, 11) is 2.11. The van der Waals surface area contributed by atoms with Crippen molar-refractivity contribution in [2.75, 3.05) is 26.7 Å². The van der Waals surface area contributed by atoms with E-state index in [0.29, 0.717) is 0 Å². The third kappa shape index (κ3) is 8.12. The highest BCUT2D eigenvalue weighted by atomic mass is 15.3. The largest absolute Gasteiger partial charge is 0.356 e. The lowest BCUT2D eigenvalue weighted by Crippen LogP contribution is -2.35. The monoisotopic (exact) mass is 267 g/mol. The van der Waals surface area contributed by atoms with Gasteiger partial charge in [0, 0.05) is 20.1 Å². The minimum absolute atomic E-state index is 0.955. The maximum absolute atomic E-state index is 4.43. The molecule has 0 bridgehead atoms. The van der Waals surface area contributed by atoms with Crippen molar-refractivity contribution < 1.29 is 0 Å². The number of likely N-dealkylation sites (N-methyl/N-ethyl adjacent to an activating group) is 1. The summed E-state index contributed by atoms with van der Waals surface area (Å²) in [5, 5.41) is 3.43. The number of aliphatic imine (C=N–C) groups is 1. The maximum atomic E-state index is 4.43. The minimum atomic E-state index is 0.955. The molecular weight excluding hydrogens is 234 g/mol. The van der Waals surface area contributed by atoms with Gasteiger partial charge in [0.05, 0.1) is 6.54 Å². The number of hydrogen-bond donors (Lipinski definition) is 1. The molecule has 1 aliphatic heterocycles. The van der Waals surface area contributed by atoms with Crippen molar-refractivity contribution in [3.8, 4) is 0 Å². The van der Waals surface area contributed by atoms with Gasteiger partial charge >= 0.3 is 0 Å². The van der Waals surface area contributed by atoms with Crippen molar-refractivity contribution in [1.82, 2.24) is 10.2 Å². The van der Waals surface area contributed by atoms with Gasteiger partial charge in [0.15, 0.2) is 5.96 Å². The summed E-state index contributed by atoms with van der Waals surface area (Å²) in [5.74, 6) is 1.09. The van der Waals surface area contributed by atoms with Crippen molar-refractivity contribution in [1.29, 1.82) is 0 Å². The molecule has 3 nitrogen and oxygen atoms in total. The van der Waals surface area contributed by atoms with Gasteiger partial charge in [-0.15, -0.1) is 0 Å². The van der Waals surface area contributed by atoms with Crippen LogP contribution in [-0.2, 0) is 0 Å². The first-order valence-electron chi connectivity index (χ1n) is 8.34. The quantitative estimate of drug-likeness (QED) is 0.577. The second-order valence-electron chi connectivity index (χ2n) is 5.74. The Morgan fingerprint density at radius 2 is 1.53 bits per heavy atom. The van der Waals surface area contributed by atoms with Crippen molar-refractivity contribution >= 4 is 5.96 Å². The Labute approximate surface area is 119 Å². The van der Waals surface area contributed by atoms with Gasteiger partial charge in [-0.05, 0) is 6.42 Å².